The first-order valence-electron chi connectivity index (χ1n) is 8.42. The molecule has 128 valence electrons. The van der Waals surface area contributed by atoms with Gasteiger partial charge in [-0.25, -0.2) is 9.97 Å². The van der Waals surface area contributed by atoms with Crippen LogP contribution in [-0.4, -0.2) is 23.1 Å². The molecule has 3 aromatic rings. The minimum atomic E-state index is 0.803. The maximum Gasteiger partial charge on any atom is 0.141 e. The molecule has 4 nitrogen and oxygen atoms in total. The van der Waals surface area contributed by atoms with Crippen molar-refractivity contribution < 1.29 is 0 Å². The summed E-state index contributed by atoms with van der Waals surface area (Å²) in [4.78, 5) is 11.3. The molecule has 1 saturated heterocycles. The van der Waals surface area contributed by atoms with Gasteiger partial charge in [-0.3, -0.25) is 0 Å². The average Bonchev–Trinajstić information content (AvgIpc) is 2.64. The minimum Gasteiger partial charge on any atom is -0.372 e. The highest BCUT2D eigenvalue weighted by molar-refractivity contribution is 9.11. The zero-order valence-electron chi connectivity index (χ0n) is 13.7. The van der Waals surface area contributed by atoms with Gasteiger partial charge in [0.25, 0.3) is 0 Å². The lowest BCUT2D eigenvalue weighted by atomic mass is 10.1. The van der Waals surface area contributed by atoms with E-state index in [2.05, 4.69) is 76.3 Å². The first-order chi connectivity index (χ1) is 12.2. The van der Waals surface area contributed by atoms with Gasteiger partial charge in [-0.15, -0.1) is 0 Å². The van der Waals surface area contributed by atoms with Crippen LogP contribution in [0.25, 0.3) is 10.9 Å². The molecule has 1 aromatic heterocycles. The topological polar surface area (TPSA) is 41.1 Å². The molecule has 25 heavy (non-hydrogen) atoms. The summed E-state index contributed by atoms with van der Waals surface area (Å²) in [5, 5.41) is 4.40. The van der Waals surface area contributed by atoms with Crippen LogP contribution in [0.2, 0.25) is 0 Å². The second-order valence-corrected chi connectivity index (χ2v) is 8.00. The summed E-state index contributed by atoms with van der Waals surface area (Å²) in [7, 11) is 0. The fourth-order valence-corrected chi connectivity index (χ4v) is 4.56. The van der Waals surface area contributed by atoms with E-state index in [4.69, 9.17) is 0 Å². The molecule has 0 saturated carbocycles. The Morgan fingerprint density at radius 3 is 2.44 bits per heavy atom. The molecule has 0 atom stereocenters. The van der Waals surface area contributed by atoms with E-state index in [0.717, 1.165) is 44.4 Å². The van der Waals surface area contributed by atoms with E-state index in [1.54, 1.807) is 6.33 Å². The summed E-state index contributed by atoms with van der Waals surface area (Å²) < 4.78 is 1.94. The van der Waals surface area contributed by atoms with E-state index in [1.807, 2.05) is 12.1 Å². The van der Waals surface area contributed by atoms with Crippen LogP contribution in [0.15, 0.2) is 51.7 Å². The number of anilines is 3. The molecule has 0 bridgehead atoms. The molecule has 0 aliphatic carbocycles. The van der Waals surface area contributed by atoms with Crippen LogP contribution in [0, 0.1) is 0 Å². The van der Waals surface area contributed by atoms with E-state index in [9.17, 15) is 0 Å². The lowest BCUT2D eigenvalue weighted by Gasteiger charge is -2.28. The smallest absolute Gasteiger partial charge is 0.141 e. The largest absolute Gasteiger partial charge is 0.372 e. The molecular weight excluding hydrogens is 444 g/mol. The molecule has 2 heterocycles. The quantitative estimate of drug-likeness (QED) is 0.528. The third-order valence-electron chi connectivity index (χ3n) is 4.51. The predicted octanol–water partition coefficient (Wildman–Crippen LogP) is 5.89. The number of halogens is 2. The Kier molecular flexibility index (Phi) is 4.90. The molecule has 2 aromatic carbocycles. The Morgan fingerprint density at radius 1 is 0.920 bits per heavy atom. The average molecular weight is 462 g/mol. The van der Waals surface area contributed by atoms with Gasteiger partial charge >= 0.3 is 0 Å². The molecule has 6 heteroatoms. The van der Waals surface area contributed by atoms with Crippen molar-refractivity contribution in [3.8, 4) is 0 Å². The van der Waals surface area contributed by atoms with Crippen molar-refractivity contribution >= 4 is 60.0 Å². The fourth-order valence-electron chi connectivity index (χ4n) is 3.24. The zero-order chi connectivity index (χ0) is 17.2. The van der Waals surface area contributed by atoms with E-state index in [0.29, 0.717) is 0 Å². The number of aromatic nitrogens is 2. The molecule has 0 spiro atoms. The second kappa shape index (κ2) is 7.30. The molecule has 0 unspecified atom stereocenters. The number of nitrogens with one attached hydrogen (secondary N) is 1. The van der Waals surface area contributed by atoms with Crippen LogP contribution in [0.5, 0.6) is 0 Å². The summed E-state index contributed by atoms with van der Waals surface area (Å²) in [6.45, 7) is 2.32. The SMILES string of the molecule is Brc1cc(Br)c2ncnc(Nc3ccc(N4CCCCC4)cc3)c2c1. The first kappa shape index (κ1) is 16.8. The van der Waals surface area contributed by atoms with Gasteiger partial charge in [-0.2, -0.15) is 0 Å². The Morgan fingerprint density at radius 2 is 1.68 bits per heavy atom. The summed E-state index contributed by atoms with van der Waals surface area (Å²) in [6, 6.07) is 12.6. The van der Waals surface area contributed by atoms with Crippen molar-refractivity contribution in [1.29, 1.82) is 0 Å². The van der Waals surface area contributed by atoms with E-state index in [-0.39, 0.29) is 0 Å². The minimum absolute atomic E-state index is 0.803. The highest BCUT2D eigenvalue weighted by Gasteiger charge is 2.11. The molecule has 1 N–H and O–H groups in total. The summed E-state index contributed by atoms with van der Waals surface area (Å²) >= 11 is 7.10. The Hall–Kier alpha value is -1.66. The Balaban J connectivity index is 1.61. The van der Waals surface area contributed by atoms with Crippen molar-refractivity contribution in [3.63, 3.8) is 0 Å². The molecular formula is C19H18Br2N4. The van der Waals surface area contributed by atoms with Crippen molar-refractivity contribution in [2.24, 2.45) is 0 Å². The number of hydrogen-bond donors (Lipinski definition) is 1. The molecule has 1 aliphatic heterocycles. The molecule has 4 rings (SSSR count). The number of benzene rings is 2. The molecule has 0 radical (unpaired) electrons. The summed E-state index contributed by atoms with van der Waals surface area (Å²) in [5.41, 5.74) is 3.21. The van der Waals surface area contributed by atoms with E-state index in [1.165, 1.54) is 24.9 Å². The number of nitrogens with zero attached hydrogens (tertiary/aromatic N) is 3. The van der Waals surface area contributed by atoms with Crippen molar-refractivity contribution in [2.45, 2.75) is 19.3 Å². The summed E-state index contributed by atoms with van der Waals surface area (Å²) in [6.07, 6.45) is 5.51. The normalized spacial score (nSPS) is 14.7. The van der Waals surface area contributed by atoms with Gasteiger partial charge < -0.3 is 10.2 Å². The Bertz CT molecular complexity index is 890. The standard InChI is InChI=1S/C19H18Br2N4/c20-13-10-16-18(17(21)11-13)22-12-23-19(16)24-14-4-6-15(7-5-14)25-8-2-1-3-9-25/h4-7,10-12H,1-3,8-9H2,(H,22,23,24). The van der Waals surface area contributed by atoms with Crippen LogP contribution < -0.4 is 10.2 Å². The number of fused-ring (bicyclic) bond motifs is 1. The van der Waals surface area contributed by atoms with Gasteiger partial charge in [-0.1, -0.05) is 15.9 Å². The van der Waals surface area contributed by atoms with Gasteiger partial charge in [0.05, 0.1) is 5.52 Å². The maximum atomic E-state index is 4.42. The van der Waals surface area contributed by atoms with Crippen LogP contribution in [0.3, 0.4) is 0 Å². The lowest BCUT2D eigenvalue weighted by molar-refractivity contribution is 0.578. The van der Waals surface area contributed by atoms with E-state index < -0.39 is 0 Å². The van der Waals surface area contributed by atoms with Crippen LogP contribution in [-0.2, 0) is 0 Å². The highest BCUT2D eigenvalue weighted by atomic mass is 79.9. The predicted molar refractivity (Wildman–Crippen MR) is 111 cm³/mol. The van der Waals surface area contributed by atoms with Crippen LogP contribution in [0.1, 0.15) is 19.3 Å². The van der Waals surface area contributed by atoms with Crippen molar-refractivity contribution in [2.75, 3.05) is 23.3 Å². The van der Waals surface area contributed by atoms with Crippen molar-refractivity contribution in [3.05, 3.63) is 51.7 Å². The van der Waals surface area contributed by atoms with Crippen LogP contribution in [0.4, 0.5) is 17.2 Å². The van der Waals surface area contributed by atoms with Crippen molar-refractivity contribution in [1.82, 2.24) is 9.97 Å². The number of hydrogen-bond acceptors (Lipinski definition) is 4. The number of piperidine rings is 1. The van der Waals surface area contributed by atoms with Gasteiger partial charge in [0, 0.05) is 38.8 Å². The monoisotopic (exact) mass is 460 g/mol. The lowest BCUT2D eigenvalue weighted by Crippen LogP contribution is -2.29. The Labute approximate surface area is 163 Å². The summed E-state index contributed by atoms with van der Waals surface area (Å²) in [5.74, 6) is 0.803. The third-order valence-corrected chi connectivity index (χ3v) is 5.57. The van der Waals surface area contributed by atoms with Gasteiger partial charge in [0.1, 0.15) is 12.1 Å². The fraction of sp³-hybridized carbons (Fsp3) is 0.263. The van der Waals surface area contributed by atoms with Gasteiger partial charge in [-0.05, 0) is 71.6 Å². The maximum absolute atomic E-state index is 4.42. The first-order valence-corrected chi connectivity index (χ1v) is 10.0. The third kappa shape index (κ3) is 3.65. The highest BCUT2D eigenvalue weighted by Crippen LogP contribution is 2.32. The second-order valence-electron chi connectivity index (χ2n) is 6.23. The molecule has 1 fully saturated rings. The van der Waals surface area contributed by atoms with Gasteiger partial charge in [0.2, 0.25) is 0 Å². The number of rotatable bonds is 3. The molecule has 0 amide bonds. The zero-order valence-corrected chi connectivity index (χ0v) is 16.8. The van der Waals surface area contributed by atoms with Crippen LogP contribution >= 0.6 is 31.9 Å². The van der Waals surface area contributed by atoms with Gasteiger partial charge in [0.15, 0.2) is 0 Å². The molecule has 1 aliphatic rings. The van der Waals surface area contributed by atoms with E-state index >= 15 is 0 Å².